The SMILES string of the molecule is CCCCCCCOc1cc(C(=O)OCC)c(N)cc1F. The Morgan fingerprint density at radius 1 is 1.19 bits per heavy atom. The van der Waals surface area contributed by atoms with E-state index in [-0.39, 0.29) is 23.6 Å². The average molecular weight is 297 g/mol. The fraction of sp³-hybridized carbons (Fsp3) is 0.562. The third-order valence-electron chi connectivity index (χ3n) is 3.10. The number of unbranched alkanes of at least 4 members (excludes halogenated alkanes) is 4. The molecule has 0 amide bonds. The lowest BCUT2D eigenvalue weighted by atomic mass is 10.1. The Morgan fingerprint density at radius 3 is 2.57 bits per heavy atom. The zero-order valence-corrected chi connectivity index (χ0v) is 12.8. The van der Waals surface area contributed by atoms with Gasteiger partial charge in [0.25, 0.3) is 0 Å². The molecule has 0 aromatic heterocycles. The fourth-order valence-electron chi connectivity index (χ4n) is 1.95. The Hall–Kier alpha value is -1.78. The molecule has 2 N–H and O–H groups in total. The lowest BCUT2D eigenvalue weighted by molar-refractivity contribution is 0.0527. The minimum absolute atomic E-state index is 0.0442. The van der Waals surface area contributed by atoms with Gasteiger partial charge in [-0.3, -0.25) is 0 Å². The maximum absolute atomic E-state index is 13.8. The minimum Gasteiger partial charge on any atom is -0.490 e. The van der Waals surface area contributed by atoms with Crippen LogP contribution in [0.15, 0.2) is 12.1 Å². The third kappa shape index (κ3) is 5.61. The van der Waals surface area contributed by atoms with E-state index in [1.165, 1.54) is 18.9 Å². The van der Waals surface area contributed by atoms with Gasteiger partial charge >= 0.3 is 5.97 Å². The zero-order valence-electron chi connectivity index (χ0n) is 12.8. The molecule has 118 valence electrons. The number of carbonyl (C=O) groups is 1. The molecule has 0 bridgehead atoms. The number of anilines is 1. The second kappa shape index (κ2) is 9.21. The molecule has 21 heavy (non-hydrogen) atoms. The largest absolute Gasteiger partial charge is 0.490 e. The highest BCUT2D eigenvalue weighted by Gasteiger charge is 2.16. The van der Waals surface area contributed by atoms with Crippen molar-refractivity contribution in [3.05, 3.63) is 23.5 Å². The summed E-state index contributed by atoms with van der Waals surface area (Å²) < 4.78 is 24.0. The summed E-state index contributed by atoms with van der Waals surface area (Å²) in [5.41, 5.74) is 5.83. The second-order valence-corrected chi connectivity index (χ2v) is 4.85. The van der Waals surface area contributed by atoms with Gasteiger partial charge in [0, 0.05) is 11.8 Å². The number of hydrogen-bond acceptors (Lipinski definition) is 4. The maximum atomic E-state index is 13.8. The standard InChI is InChI=1S/C16H24FNO3/c1-3-5-6-7-8-9-21-15-10-12(16(19)20-4-2)14(18)11-13(15)17/h10-11H,3-9,18H2,1-2H3. The van der Waals surface area contributed by atoms with Gasteiger partial charge in [0.2, 0.25) is 0 Å². The predicted molar refractivity (Wildman–Crippen MR) is 81.0 cm³/mol. The molecule has 0 atom stereocenters. The first-order chi connectivity index (χ1) is 10.1. The third-order valence-corrected chi connectivity index (χ3v) is 3.10. The summed E-state index contributed by atoms with van der Waals surface area (Å²) in [5.74, 6) is -1.08. The topological polar surface area (TPSA) is 61.5 Å². The van der Waals surface area contributed by atoms with Gasteiger partial charge in [0.05, 0.1) is 18.8 Å². The van der Waals surface area contributed by atoms with Crippen LogP contribution in [-0.2, 0) is 4.74 Å². The van der Waals surface area contributed by atoms with E-state index >= 15 is 0 Å². The van der Waals surface area contributed by atoms with E-state index in [0.29, 0.717) is 6.61 Å². The fourth-order valence-corrected chi connectivity index (χ4v) is 1.95. The number of hydrogen-bond donors (Lipinski definition) is 1. The van der Waals surface area contributed by atoms with Gasteiger partial charge in [0.15, 0.2) is 11.6 Å². The van der Waals surface area contributed by atoms with Crippen molar-refractivity contribution in [1.29, 1.82) is 0 Å². The molecule has 0 spiro atoms. The first-order valence-electron chi connectivity index (χ1n) is 7.49. The molecule has 0 aliphatic carbocycles. The first-order valence-corrected chi connectivity index (χ1v) is 7.49. The molecule has 0 unspecified atom stereocenters. The lowest BCUT2D eigenvalue weighted by Crippen LogP contribution is -2.10. The number of esters is 1. The molecular weight excluding hydrogens is 273 g/mol. The number of rotatable bonds is 9. The molecule has 0 heterocycles. The highest BCUT2D eigenvalue weighted by molar-refractivity contribution is 5.95. The van der Waals surface area contributed by atoms with Crippen molar-refractivity contribution in [2.75, 3.05) is 18.9 Å². The zero-order chi connectivity index (χ0) is 15.7. The van der Waals surface area contributed by atoms with Crippen molar-refractivity contribution in [2.24, 2.45) is 0 Å². The van der Waals surface area contributed by atoms with E-state index in [9.17, 15) is 9.18 Å². The van der Waals surface area contributed by atoms with Crippen LogP contribution >= 0.6 is 0 Å². The molecule has 0 fully saturated rings. The average Bonchev–Trinajstić information content (AvgIpc) is 2.44. The Kier molecular flexibility index (Phi) is 7.58. The molecule has 0 saturated carbocycles. The molecule has 0 radical (unpaired) electrons. The molecule has 0 aliphatic heterocycles. The lowest BCUT2D eigenvalue weighted by Gasteiger charge is -2.11. The van der Waals surface area contributed by atoms with Gasteiger partial charge in [-0.05, 0) is 19.4 Å². The smallest absolute Gasteiger partial charge is 0.340 e. The highest BCUT2D eigenvalue weighted by atomic mass is 19.1. The Bertz CT molecular complexity index is 463. The minimum atomic E-state index is -0.567. The van der Waals surface area contributed by atoms with Crippen LogP contribution in [0.5, 0.6) is 5.75 Å². The van der Waals surface area contributed by atoms with Crippen molar-refractivity contribution >= 4 is 11.7 Å². The Morgan fingerprint density at radius 2 is 1.90 bits per heavy atom. The number of ether oxygens (including phenoxy) is 2. The summed E-state index contributed by atoms with van der Waals surface area (Å²) in [6, 6.07) is 2.41. The van der Waals surface area contributed by atoms with Crippen molar-refractivity contribution in [2.45, 2.75) is 46.0 Å². The molecule has 1 rings (SSSR count). The van der Waals surface area contributed by atoms with Crippen molar-refractivity contribution in [3.8, 4) is 5.75 Å². The molecule has 0 aliphatic rings. The van der Waals surface area contributed by atoms with Gasteiger partial charge in [-0.2, -0.15) is 0 Å². The second-order valence-electron chi connectivity index (χ2n) is 4.85. The van der Waals surface area contributed by atoms with Gasteiger partial charge in [-0.15, -0.1) is 0 Å². The van der Waals surface area contributed by atoms with Crippen LogP contribution in [-0.4, -0.2) is 19.2 Å². The van der Waals surface area contributed by atoms with E-state index in [2.05, 4.69) is 6.92 Å². The van der Waals surface area contributed by atoms with E-state index in [1.807, 2.05) is 0 Å². The molecule has 1 aromatic carbocycles. The molecule has 0 saturated heterocycles. The van der Waals surface area contributed by atoms with Gasteiger partial charge < -0.3 is 15.2 Å². The number of halogens is 1. The van der Waals surface area contributed by atoms with Crippen LogP contribution in [0, 0.1) is 5.82 Å². The van der Waals surface area contributed by atoms with E-state index in [4.69, 9.17) is 15.2 Å². The van der Waals surface area contributed by atoms with Crippen LogP contribution in [0.3, 0.4) is 0 Å². The summed E-state index contributed by atoms with van der Waals surface area (Å²) >= 11 is 0. The van der Waals surface area contributed by atoms with Crippen LogP contribution < -0.4 is 10.5 Å². The Labute approximate surface area is 125 Å². The molecule has 1 aromatic rings. The van der Waals surface area contributed by atoms with Gasteiger partial charge in [0.1, 0.15) is 0 Å². The highest BCUT2D eigenvalue weighted by Crippen LogP contribution is 2.25. The number of carbonyl (C=O) groups excluding carboxylic acids is 1. The number of nitrogens with two attached hydrogens (primary N) is 1. The van der Waals surface area contributed by atoms with Crippen LogP contribution in [0.2, 0.25) is 0 Å². The van der Waals surface area contributed by atoms with Gasteiger partial charge in [-0.25, -0.2) is 9.18 Å². The van der Waals surface area contributed by atoms with Crippen molar-refractivity contribution in [3.63, 3.8) is 0 Å². The summed E-state index contributed by atoms with van der Waals surface area (Å²) in [6.07, 6.45) is 5.44. The maximum Gasteiger partial charge on any atom is 0.340 e. The monoisotopic (exact) mass is 297 g/mol. The summed E-state index contributed by atoms with van der Waals surface area (Å²) in [5, 5.41) is 0. The molecule has 5 heteroatoms. The number of benzene rings is 1. The van der Waals surface area contributed by atoms with Crippen LogP contribution in [0.1, 0.15) is 56.3 Å². The van der Waals surface area contributed by atoms with Gasteiger partial charge in [-0.1, -0.05) is 32.6 Å². The summed E-state index contributed by atoms with van der Waals surface area (Å²) in [6.45, 7) is 4.51. The van der Waals surface area contributed by atoms with E-state index < -0.39 is 11.8 Å². The summed E-state index contributed by atoms with van der Waals surface area (Å²) in [7, 11) is 0. The first kappa shape index (κ1) is 17.3. The van der Waals surface area contributed by atoms with E-state index in [0.717, 1.165) is 25.3 Å². The van der Waals surface area contributed by atoms with Crippen molar-refractivity contribution < 1.29 is 18.7 Å². The van der Waals surface area contributed by atoms with Crippen molar-refractivity contribution in [1.82, 2.24) is 0 Å². The predicted octanol–water partition coefficient (Wildman–Crippen LogP) is 3.93. The molecule has 4 nitrogen and oxygen atoms in total. The Balaban J connectivity index is 2.61. The summed E-state index contributed by atoms with van der Waals surface area (Å²) in [4.78, 5) is 11.7. The quantitative estimate of drug-likeness (QED) is 0.426. The normalized spacial score (nSPS) is 10.4. The molecular formula is C16H24FNO3. The van der Waals surface area contributed by atoms with Crippen LogP contribution in [0.25, 0.3) is 0 Å². The number of nitrogen functional groups attached to an aromatic ring is 1. The van der Waals surface area contributed by atoms with E-state index in [1.54, 1.807) is 6.92 Å². The van der Waals surface area contributed by atoms with Crippen LogP contribution in [0.4, 0.5) is 10.1 Å².